The molecule has 140 valence electrons. The van der Waals surface area contributed by atoms with Gasteiger partial charge in [0, 0.05) is 35.2 Å². The predicted molar refractivity (Wildman–Crippen MR) is 103 cm³/mol. The number of ether oxygens (including phenoxy) is 1. The van der Waals surface area contributed by atoms with Gasteiger partial charge in [0.25, 0.3) is 0 Å². The van der Waals surface area contributed by atoms with Crippen molar-refractivity contribution in [2.75, 3.05) is 13.7 Å². The zero-order valence-electron chi connectivity index (χ0n) is 15.8. The summed E-state index contributed by atoms with van der Waals surface area (Å²) in [5.74, 6) is -0.244. The van der Waals surface area contributed by atoms with Gasteiger partial charge in [0.1, 0.15) is 0 Å². The zero-order chi connectivity index (χ0) is 18.1. The van der Waals surface area contributed by atoms with Crippen LogP contribution in [0, 0.1) is 0 Å². The normalized spacial score (nSPS) is 26.2. The first-order valence-corrected chi connectivity index (χ1v) is 9.87. The van der Waals surface area contributed by atoms with E-state index in [1.165, 1.54) is 32.1 Å². The minimum absolute atomic E-state index is 0.244. The molecule has 1 aromatic heterocycles. The van der Waals surface area contributed by atoms with Crippen LogP contribution < -0.4 is 5.32 Å². The monoisotopic (exact) mass is 355 g/mol. The summed E-state index contributed by atoms with van der Waals surface area (Å²) in [6, 6.07) is 9.91. The Labute approximate surface area is 155 Å². The first-order valence-electron chi connectivity index (χ1n) is 9.87. The molecule has 0 amide bonds. The van der Waals surface area contributed by atoms with Crippen molar-refractivity contribution in [1.29, 1.82) is 0 Å². The SMILES string of the molecule is CCOC(=O)c1cccc2c1ccn2CNC1CC2CCCC(C1)N2C. The highest BCUT2D eigenvalue weighted by atomic mass is 16.5. The van der Waals surface area contributed by atoms with Crippen LogP contribution in [0.1, 0.15) is 49.4 Å². The molecule has 5 heteroatoms. The summed E-state index contributed by atoms with van der Waals surface area (Å²) in [6.45, 7) is 3.02. The molecule has 2 unspecified atom stereocenters. The first kappa shape index (κ1) is 17.6. The Kier molecular flexibility index (Phi) is 5.00. The number of piperidine rings is 2. The number of rotatable bonds is 5. The summed E-state index contributed by atoms with van der Waals surface area (Å²) in [5.41, 5.74) is 1.73. The third-order valence-electron chi connectivity index (χ3n) is 6.20. The van der Waals surface area contributed by atoms with E-state index in [0.29, 0.717) is 18.2 Å². The van der Waals surface area contributed by atoms with E-state index in [1.807, 2.05) is 25.1 Å². The molecule has 0 saturated carbocycles. The zero-order valence-corrected chi connectivity index (χ0v) is 15.8. The van der Waals surface area contributed by atoms with E-state index in [0.717, 1.165) is 29.7 Å². The van der Waals surface area contributed by atoms with Gasteiger partial charge in [0.15, 0.2) is 0 Å². The smallest absolute Gasteiger partial charge is 0.338 e. The number of esters is 1. The standard InChI is InChI=1S/C21H29N3O2/c1-3-26-21(25)19-8-5-9-20-18(19)10-11-24(20)14-22-15-12-16-6-4-7-17(13-15)23(16)2/h5,8-11,15-17,22H,3-4,6-7,12-14H2,1-2H3. The van der Waals surface area contributed by atoms with Crippen LogP contribution >= 0.6 is 0 Å². The lowest BCUT2D eigenvalue weighted by atomic mass is 9.82. The van der Waals surface area contributed by atoms with Crippen LogP contribution in [0.25, 0.3) is 10.9 Å². The van der Waals surface area contributed by atoms with Gasteiger partial charge in [0.2, 0.25) is 0 Å². The van der Waals surface area contributed by atoms with E-state index in [9.17, 15) is 4.79 Å². The van der Waals surface area contributed by atoms with E-state index in [1.54, 1.807) is 0 Å². The first-order chi connectivity index (χ1) is 12.7. The molecule has 2 aromatic rings. The Morgan fingerprint density at radius 1 is 1.23 bits per heavy atom. The molecule has 26 heavy (non-hydrogen) atoms. The molecule has 3 heterocycles. The number of carbonyl (C=O) groups is 1. The van der Waals surface area contributed by atoms with Crippen molar-refractivity contribution >= 4 is 16.9 Å². The van der Waals surface area contributed by atoms with Crippen molar-refractivity contribution in [3.63, 3.8) is 0 Å². The minimum Gasteiger partial charge on any atom is -0.462 e. The van der Waals surface area contributed by atoms with Crippen LogP contribution in [-0.2, 0) is 11.4 Å². The lowest BCUT2D eigenvalue weighted by molar-refractivity contribution is 0.0468. The number of carbonyl (C=O) groups excluding carboxylic acids is 1. The van der Waals surface area contributed by atoms with E-state index in [-0.39, 0.29) is 5.97 Å². The third-order valence-corrected chi connectivity index (χ3v) is 6.20. The number of fused-ring (bicyclic) bond motifs is 3. The van der Waals surface area contributed by atoms with Gasteiger partial charge in [-0.25, -0.2) is 4.79 Å². The number of nitrogens with one attached hydrogen (secondary N) is 1. The van der Waals surface area contributed by atoms with Crippen molar-refractivity contribution in [3.05, 3.63) is 36.0 Å². The van der Waals surface area contributed by atoms with Crippen LogP contribution in [0.3, 0.4) is 0 Å². The molecule has 1 aromatic carbocycles. The number of hydrogen-bond acceptors (Lipinski definition) is 4. The number of hydrogen-bond donors (Lipinski definition) is 1. The fraction of sp³-hybridized carbons (Fsp3) is 0.571. The highest BCUT2D eigenvalue weighted by Gasteiger charge is 2.35. The van der Waals surface area contributed by atoms with Crippen LogP contribution in [0.2, 0.25) is 0 Å². The molecular weight excluding hydrogens is 326 g/mol. The maximum atomic E-state index is 12.2. The molecule has 0 spiro atoms. The van der Waals surface area contributed by atoms with Crippen molar-refractivity contribution in [2.45, 2.75) is 63.8 Å². The largest absolute Gasteiger partial charge is 0.462 e. The van der Waals surface area contributed by atoms with Gasteiger partial charge in [-0.15, -0.1) is 0 Å². The molecule has 1 N–H and O–H groups in total. The van der Waals surface area contributed by atoms with Gasteiger partial charge in [-0.3, -0.25) is 5.32 Å². The van der Waals surface area contributed by atoms with Gasteiger partial charge in [-0.05, 0) is 57.9 Å². The molecule has 2 atom stereocenters. The number of nitrogens with zero attached hydrogens (tertiary/aromatic N) is 2. The van der Waals surface area contributed by atoms with Crippen LogP contribution in [0.15, 0.2) is 30.5 Å². The summed E-state index contributed by atoms with van der Waals surface area (Å²) in [6.07, 6.45) is 8.59. The van der Waals surface area contributed by atoms with Crippen molar-refractivity contribution in [1.82, 2.24) is 14.8 Å². The second-order valence-corrected chi connectivity index (χ2v) is 7.68. The van der Waals surface area contributed by atoms with E-state index < -0.39 is 0 Å². The van der Waals surface area contributed by atoms with Crippen LogP contribution in [0.4, 0.5) is 0 Å². The summed E-state index contributed by atoms with van der Waals surface area (Å²) in [5, 5.41) is 4.73. The van der Waals surface area contributed by atoms with Crippen LogP contribution in [-0.4, -0.2) is 47.2 Å². The van der Waals surface area contributed by atoms with E-state index >= 15 is 0 Å². The van der Waals surface area contributed by atoms with Gasteiger partial charge < -0.3 is 14.2 Å². The molecule has 5 nitrogen and oxygen atoms in total. The molecule has 0 aliphatic carbocycles. The quantitative estimate of drug-likeness (QED) is 0.835. The highest BCUT2D eigenvalue weighted by molar-refractivity contribution is 6.03. The molecule has 2 bridgehead atoms. The Morgan fingerprint density at radius 3 is 2.73 bits per heavy atom. The van der Waals surface area contributed by atoms with Gasteiger partial charge in [0.05, 0.1) is 18.8 Å². The molecule has 2 saturated heterocycles. The van der Waals surface area contributed by atoms with Crippen molar-refractivity contribution in [2.24, 2.45) is 0 Å². The molecule has 2 fully saturated rings. The Morgan fingerprint density at radius 2 is 2.00 bits per heavy atom. The van der Waals surface area contributed by atoms with Gasteiger partial charge in [-0.1, -0.05) is 12.5 Å². The second kappa shape index (κ2) is 7.41. The summed E-state index contributed by atoms with van der Waals surface area (Å²) in [7, 11) is 2.29. The molecular formula is C21H29N3O2. The Hall–Kier alpha value is -1.85. The van der Waals surface area contributed by atoms with Crippen LogP contribution in [0.5, 0.6) is 0 Å². The fourth-order valence-electron chi connectivity index (χ4n) is 4.76. The maximum Gasteiger partial charge on any atom is 0.338 e. The van der Waals surface area contributed by atoms with E-state index in [2.05, 4.69) is 34.1 Å². The topological polar surface area (TPSA) is 46.5 Å². The maximum absolute atomic E-state index is 12.2. The molecule has 2 aliphatic rings. The second-order valence-electron chi connectivity index (χ2n) is 7.68. The predicted octanol–water partition coefficient (Wildman–Crippen LogP) is 3.38. The number of benzene rings is 1. The minimum atomic E-state index is -0.244. The van der Waals surface area contributed by atoms with Gasteiger partial charge >= 0.3 is 5.97 Å². The number of aromatic nitrogens is 1. The summed E-state index contributed by atoms with van der Waals surface area (Å²) < 4.78 is 7.38. The lowest BCUT2D eigenvalue weighted by Gasteiger charge is -2.47. The average Bonchev–Trinajstić information content (AvgIpc) is 3.03. The van der Waals surface area contributed by atoms with Gasteiger partial charge in [-0.2, -0.15) is 0 Å². The summed E-state index contributed by atoms with van der Waals surface area (Å²) >= 11 is 0. The molecule has 2 aliphatic heterocycles. The van der Waals surface area contributed by atoms with E-state index in [4.69, 9.17) is 4.74 Å². The van der Waals surface area contributed by atoms with Crippen molar-refractivity contribution in [3.8, 4) is 0 Å². The Balaban J connectivity index is 1.47. The highest BCUT2D eigenvalue weighted by Crippen LogP contribution is 2.32. The third kappa shape index (κ3) is 3.26. The Bertz CT molecular complexity index is 771. The molecule has 4 rings (SSSR count). The summed E-state index contributed by atoms with van der Waals surface area (Å²) in [4.78, 5) is 14.8. The fourth-order valence-corrected chi connectivity index (χ4v) is 4.76. The van der Waals surface area contributed by atoms with Crippen molar-refractivity contribution < 1.29 is 9.53 Å². The molecule has 0 radical (unpaired) electrons. The average molecular weight is 355 g/mol. The lowest BCUT2D eigenvalue weighted by Crippen LogP contribution is -2.54.